The second-order valence-corrected chi connectivity index (χ2v) is 3.81. The van der Waals surface area contributed by atoms with Gasteiger partial charge >= 0.3 is 6.73 Å². The van der Waals surface area contributed by atoms with Crippen molar-refractivity contribution in [2.45, 2.75) is 26.7 Å². The molecule has 94 valence electrons. The summed E-state index contributed by atoms with van der Waals surface area (Å²) in [5, 5.41) is 17.6. The Kier molecular flexibility index (Phi) is 6.31. The van der Waals surface area contributed by atoms with Crippen molar-refractivity contribution in [1.29, 1.82) is 0 Å². The van der Waals surface area contributed by atoms with E-state index in [2.05, 4.69) is 9.68 Å². The largest absolute Gasteiger partial charge is 0.348 e. The third-order valence-corrected chi connectivity index (χ3v) is 2.04. The molecule has 0 amide bonds. The van der Waals surface area contributed by atoms with E-state index in [0.717, 1.165) is 6.42 Å². The minimum atomic E-state index is -0.880. The monoisotopic (exact) mass is 237 g/mol. The molecule has 0 rings (SSSR count). The first kappa shape index (κ1) is 14.6. The van der Waals surface area contributed by atoms with Gasteiger partial charge in [-0.15, -0.1) is 10.1 Å². The fourth-order valence-corrected chi connectivity index (χ4v) is 1.27. The topological polar surface area (TPSA) is 102 Å². The number of hydrogen-bond donors (Lipinski definition) is 1. The number of hydrogen-bond acceptors (Lipinski definition) is 6. The molecule has 0 aliphatic carbocycles. The van der Waals surface area contributed by atoms with Crippen molar-refractivity contribution in [2.75, 3.05) is 19.9 Å². The van der Waals surface area contributed by atoms with Crippen LogP contribution in [-0.2, 0) is 9.68 Å². The first-order valence-corrected chi connectivity index (χ1v) is 4.89. The summed E-state index contributed by atoms with van der Waals surface area (Å²) >= 11 is 0. The Labute approximate surface area is 92.8 Å². The summed E-state index contributed by atoms with van der Waals surface area (Å²) in [5.74, 6) is 0. The zero-order chi connectivity index (χ0) is 12.6. The van der Waals surface area contributed by atoms with Crippen molar-refractivity contribution in [3.8, 4) is 0 Å². The first-order valence-electron chi connectivity index (χ1n) is 4.89. The number of rotatable bonds is 9. The van der Waals surface area contributed by atoms with Crippen LogP contribution in [0.25, 0.3) is 0 Å². The van der Waals surface area contributed by atoms with E-state index in [9.17, 15) is 15.0 Å². The molecule has 16 heavy (non-hydrogen) atoms. The third-order valence-electron chi connectivity index (χ3n) is 2.04. The van der Waals surface area contributed by atoms with Gasteiger partial charge in [-0.3, -0.25) is 0 Å². The quantitative estimate of drug-likeness (QED) is 0.359. The number of aliphatic hydroxyl groups is 1. The van der Waals surface area contributed by atoms with Gasteiger partial charge in [0.25, 0.3) is 5.09 Å². The van der Waals surface area contributed by atoms with Gasteiger partial charge in [0.2, 0.25) is 4.92 Å². The second kappa shape index (κ2) is 6.94. The van der Waals surface area contributed by atoms with E-state index in [1.807, 2.05) is 6.92 Å². The van der Waals surface area contributed by atoms with Crippen molar-refractivity contribution in [2.24, 2.45) is 5.41 Å². The van der Waals surface area contributed by atoms with Crippen LogP contribution in [0.2, 0.25) is 0 Å². The summed E-state index contributed by atoms with van der Waals surface area (Å²) < 4.78 is 0. The Bertz CT molecular complexity index is 247. The van der Waals surface area contributed by atoms with Gasteiger partial charge in [-0.25, -0.2) is 4.84 Å². The lowest BCUT2D eigenvalue weighted by Crippen LogP contribution is -2.32. The number of nitrogens with zero attached hydrogens (tertiary/aromatic N) is 2. The highest BCUT2D eigenvalue weighted by Crippen LogP contribution is 2.24. The molecule has 0 heterocycles. The Morgan fingerprint density at radius 3 is 2.31 bits per heavy atom. The highest BCUT2D eigenvalue weighted by molar-refractivity contribution is 4.71. The summed E-state index contributed by atoms with van der Waals surface area (Å²) in [6, 6.07) is 0. The van der Waals surface area contributed by atoms with E-state index in [4.69, 9.17) is 5.11 Å². The summed E-state index contributed by atoms with van der Waals surface area (Å²) in [6.07, 6.45) is 1.39. The van der Waals surface area contributed by atoms with E-state index in [1.165, 1.54) is 0 Å². The highest BCUT2D eigenvalue weighted by atomic mass is 16.9. The molecule has 0 aromatic heterocycles. The van der Waals surface area contributed by atoms with E-state index in [-0.39, 0.29) is 18.1 Å². The molecule has 8 heteroatoms. The summed E-state index contributed by atoms with van der Waals surface area (Å²) in [6.45, 7) is 2.65. The van der Waals surface area contributed by atoms with Crippen molar-refractivity contribution in [3.63, 3.8) is 0 Å². The minimum Gasteiger partial charge on any atom is -0.332 e. The maximum absolute atomic E-state index is 10.7. The molecular formula is C8H17N2O6+. The average Bonchev–Trinajstić information content (AvgIpc) is 2.24. The van der Waals surface area contributed by atoms with Gasteiger partial charge in [0, 0.05) is 5.41 Å². The molecule has 0 spiro atoms. The molecule has 0 aromatic carbocycles. The maximum atomic E-state index is 10.7. The van der Waals surface area contributed by atoms with Crippen LogP contribution in [0.5, 0.6) is 0 Å². The van der Waals surface area contributed by atoms with Gasteiger partial charge in [0.1, 0.15) is 6.61 Å². The van der Waals surface area contributed by atoms with Crippen LogP contribution < -0.4 is 0 Å². The molecule has 0 radical (unpaired) electrons. The lowest BCUT2D eigenvalue weighted by molar-refractivity contribution is -0.825. The Morgan fingerprint density at radius 2 is 1.88 bits per heavy atom. The van der Waals surface area contributed by atoms with Gasteiger partial charge in [-0.05, 0) is 6.42 Å². The average molecular weight is 237 g/mol. The Morgan fingerprint density at radius 1 is 1.31 bits per heavy atom. The molecule has 8 nitrogen and oxygen atoms in total. The fourth-order valence-electron chi connectivity index (χ4n) is 1.27. The molecule has 1 unspecified atom stereocenters. The standard InChI is InChI=1S/C8H17N2O6/c1-3-4-8(2,6-16-10(13)14)5-15-9(12)7-11/h11H,3-7H2,1-2H3/q+1. The molecule has 0 bridgehead atoms. The van der Waals surface area contributed by atoms with Crippen molar-refractivity contribution in [1.82, 2.24) is 0 Å². The summed E-state index contributed by atoms with van der Waals surface area (Å²) in [4.78, 5) is 29.7. The van der Waals surface area contributed by atoms with Gasteiger partial charge in [-0.2, -0.15) is 0 Å². The van der Waals surface area contributed by atoms with E-state index in [1.54, 1.807) is 6.92 Å². The van der Waals surface area contributed by atoms with Crippen molar-refractivity contribution >= 4 is 0 Å². The highest BCUT2D eigenvalue weighted by Gasteiger charge is 2.29. The SMILES string of the molecule is CCCC(C)(CO[N+](=O)[O-])CO[N+](=O)CO. The molecule has 0 saturated carbocycles. The number of aliphatic hydroxyl groups excluding tert-OH is 1. The summed E-state index contributed by atoms with van der Waals surface area (Å²) in [7, 11) is 0. The Balaban J connectivity index is 4.20. The van der Waals surface area contributed by atoms with Crippen molar-refractivity contribution < 1.29 is 24.8 Å². The van der Waals surface area contributed by atoms with E-state index in [0.29, 0.717) is 6.42 Å². The van der Waals surface area contributed by atoms with Crippen LogP contribution in [0.3, 0.4) is 0 Å². The van der Waals surface area contributed by atoms with Crippen LogP contribution in [0.1, 0.15) is 26.7 Å². The van der Waals surface area contributed by atoms with E-state index >= 15 is 0 Å². The van der Waals surface area contributed by atoms with Gasteiger partial charge in [-0.1, -0.05) is 20.3 Å². The Hall–Kier alpha value is -1.44. The fraction of sp³-hybridized carbons (Fsp3) is 1.00. The third kappa shape index (κ3) is 6.12. The van der Waals surface area contributed by atoms with Gasteiger partial charge in [0.05, 0.1) is 4.91 Å². The molecule has 1 N–H and O–H groups in total. The molecule has 0 aliphatic rings. The molecular weight excluding hydrogens is 220 g/mol. The zero-order valence-electron chi connectivity index (χ0n) is 9.42. The predicted octanol–water partition coefficient (Wildman–Crippen LogP) is 0.661. The van der Waals surface area contributed by atoms with Gasteiger partial charge in [0.15, 0.2) is 6.61 Å². The molecule has 1 atom stereocenters. The van der Waals surface area contributed by atoms with Gasteiger partial charge < -0.3 is 9.94 Å². The molecule has 0 aromatic rings. The molecule has 0 aliphatic heterocycles. The van der Waals surface area contributed by atoms with Crippen LogP contribution >= 0.6 is 0 Å². The lowest BCUT2D eigenvalue weighted by Gasteiger charge is -2.24. The molecule has 0 fully saturated rings. The van der Waals surface area contributed by atoms with Crippen molar-refractivity contribution in [3.05, 3.63) is 15.0 Å². The first-order chi connectivity index (χ1) is 7.43. The van der Waals surface area contributed by atoms with E-state index < -0.39 is 17.2 Å². The normalized spacial score (nSPS) is 13.9. The van der Waals surface area contributed by atoms with Crippen LogP contribution in [0.15, 0.2) is 0 Å². The minimum absolute atomic E-state index is 0.0140. The zero-order valence-corrected chi connectivity index (χ0v) is 9.42. The lowest BCUT2D eigenvalue weighted by atomic mass is 9.88. The summed E-state index contributed by atoms with van der Waals surface area (Å²) in [5.41, 5.74) is -0.625. The second-order valence-electron chi connectivity index (χ2n) is 3.81. The van der Waals surface area contributed by atoms with Crippen LogP contribution in [-0.4, -0.2) is 35.1 Å². The molecule has 0 saturated heterocycles. The predicted molar refractivity (Wildman–Crippen MR) is 52.6 cm³/mol. The van der Waals surface area contributed by atoms with Crippen LogP contribution in [0, 0.1) is 20.4 Å². The van der Waals surface area contributed by atoms with Crippen LogP contribution in [0.4, 0.5) is 0 Å². The maximum Gasteiger partial charge on any atom is 0.348 e. The smallest absolute Gasteiger partial charge is 0.332 e.